The van der Waals surface area contributed by atoms with Crippen molar-refractivity contribution in [3.05, 3.63) is 28.8 Å². The van der Waals surface area contributed by atoms with Crippen LogP contribution in [0.25, 0.3) is 0 Å². The maximum absolute atomic E-state index is 12.9. The van der Waals surface area contributed by atoms with Crippen molar-refractivity contribution in [2.45, 2.75) is 18.9 Å². The van der Waals surface area contributed by atoms with Gasteiger partial charge in [-0.3, -0.25) is 4.98 Å². The minimum atomic E-state index is -2.82. The summed E-state index contributed by atoms with van der Waals surface area (Å²) in [6.07, 6.45) is -2.82. The minimum Gasteiger partial charge on any atom is -0.390 e. The van der Waals surface area contributed by atoms with Gasteiger partial charge in [-0.2, -0.15) is 0 Å². The molecule has 0 spiro atoms. The van der Waals surface area contributed by atoms with Crippen molar-refractivity contribution in [3.8, 4) is 0 Å². The molecule has 78 valence electrons. The van der Waals surface area contributed by atoms with Gasteiger partial charge in [0.2, 0.25) is 0 Å². The quantitative estimate of drug-likeness (QED) is 0.802. The van der Waals surface area contributed by atoms with Gasteiger partial charge in [-0.25, -0.2) is 13.2 Å². The lowest BCUT2D eigenvalue weighted by molar-refractivity contribution is 0.149. The Morgan fingerprint density at radius 2 is 2.07 bits per heavy atom. The minimum absolute atomic E-state index is 0.105. The molecule has 1 rings (SSSR count). The van der Waals surface area contributed by atoms with E-state index < -0.39 is 24.4 Å². The first kappa shape index (κ1) is 11.3. The van der Waals surface area contributed by atoms with E-state index >= 15 is 0 Å². The van der Waals surface area contributed by atoms with Gasteiger partial charge >= 0.3 is 0 Å². The molecule has 0 saturated carbocycles. The zero-order chi connectivity index (χ0) is 10.7. The zero-order valence-electron chi connectivity index (χ0n) is 6.98. The molecule has 1 aromatic heterocycles. The molecule has 2 nitrogen and oxygen atoms in total. The summed E-state index contributed by atoms with van der Waals surface area (Å²) in [6, 6.07) is 0.654. The Balaban J connectivity index is 3.24. The average Bonchev–Trinajstić information content (AvgIpc) is 2.17. The van der Waals surface area contributed by atoms with Crippen LogP contribution in [0, 0.1) is 5.82 Å². The number of rotatable bonds is 3. The van der Waals surface area contributed by atoms with Crippen molar-refractivity contribution < 1.29 is 18.3 Å². The predicted octanol–water partition coefficient (Wildman–Crippen LogP) is 2.39. The van der Waals surface area contributed by atoms with Gasteiger partial charge in [0.15, 0.2) is 0 Å². The molecule has 0 radical (unpaired) electrons. The van der Waals surface area contributed by atoms with Crippen LogP contribution >= 0.6 is 11.6 Å². The number of nitrogens with zero attached hydrogens (tertiary/aromatic N) is 1. The van der Waals surface area contributed by atoms with E-state index in [0.29, 0.717) is 6.07 Å². The highest BCUT2D eigenvalue weighted by molar-refractivity contribution is 6.17. The molecule has 0 amide bonds. The van der Waals surface area contributed by atoms with Crippen LogP contribution in [0.3, 0.4) is 0 Å². The van der Waals surface area contributed by atoms with Gasteiger partial charge in [-0.15, -0.1) is 11.6 Å². The number of aromatic nitrogens is 1. The van der Waals surface area contributed by atoms with E-state index in [1.807, 2.05) is 0 Å². The summed E-state index contributed by atoms with van der Waals surface area (Å²) in [5.41, 5.74) is -0.910. The number of hydrogen-bond donors (Lipinski definition) is 1. The Hall–Kier alpha value is -0.810. The van der Waals surface area contributed by atoms with Gasteiger partial charge in [0, 0.05) is 5.56 Å². The third-order valence-corrected chi connectivity index (χ3v) is 1.93. The Kier molecular flexibility index (Phi) is 3.71. The second-order valence-electron chi connectivity index (χ2n) is 2.55. The molecule has 0 saturated heterocycles. The molecule has 0 aliphatic rings. The highest BCUT2D eigenvalue weighted by atomic mass is 35.5. The van der Waals surface area contributed by atoms with Gasteiger partial charge in [-0.05, 0) is 6.07 Å². The van der Waals surface area contributed by atoms with Crippen molar-refractivity contribution in [1.29, 1.82) is 0 Å². The topological polar surface area (TPSA) is 33.1 Å². The monoisotopic (exact) mass is 225 g/mol. The molecule has 0 aromatic carbocycles. The number of halogens is 4. The van der Waals surface area contributed by atoms with Gasteiger partial charge in [0.25, 0.3) is 6.43 Å². The lowest BCUT2D eigenvalue weighted by atomic mass is 10.2. The van der Waals surface area contributed by atoms with Crippen LogP contribution in [-0.4, -0.2) is 10.1 Å². The summed E-state index contributed by atoms with van der Waals surface area (Å²) in [7, 11) is 0. The average molecular weight is 226 g/mol. The fourth-order valence-corrected chi connectivity index (χ4v) is 1.20. The van der Waals surface area contributed by atoms with Gasteiger partial charge in [0.05, 0.1) is 18.2 Å². The Bertz CT molecular complexity index is 333. The molecule has 0 fully saturated rings. The summed E-state index contributed by atoms with van der Waals surface area (Å²) in [5, 5.41) is 8.63. The van der Waals surface area contributed by atoms with E-state index in [4.69, 9.17) is 16.7 Å². The SMILES string of the molecule is OCc1nc(CCl)c(C(F)F)cc1F. The second-order valence-corrected chi connectivity index (χ2v) is 2.81. The van der Waals surface area contributed by atoms with E-state index in [0.717, 1.165) is 0 Å². The van der Waals surface area contributed by atoms with Crippen LogP contribution < -0.4 is 0 Å². The highest BCUT2D eigenvalue weighted by Gasteiger charge is 2.17. The molecule has 6 heteroatoms. The molecule has 0 atom stereocenters. The maximum Gasteiger partial charge on any atom is 0.265 e. The van der Waals surface area contributed by atoms with Crippen LogP contribution in [0.5, 0.6) is 0 Å². The normalized spacial score (nSPS) is 11.0. The molecule has 1 aromatic rings. The first-order valence-electron chi connectivity index (χ1n) is 3.73. The standard InChI is InChI=1S/C8H7ClF3NO/c9-2-6-4(8(11)12)1-5(10)7(3-14)13-6/h1,8,14H,2-3H2. The lowest BCUT2D eigenvalue weighted by Crippen LogP contribution is -2.03. The van der Waals surface area contributed by atoms with Crippen molar-refractivity contribution in [2.24, 2.45) is 0 Å². The molecular weight excluding hydrogens is 219 g/mol. The fourth-order valence-electron chi connectivity index (χ4n) is 0.991. The summed E-state index contributed by atoms with van der Waals surface area (Å²) in [4.78, 5) is 3.49. The van der Waals surface area contributed by atoms with Crippen LogP contribution in [0.4, 0.5) is 13.2 Å². The van der Waals surface area contributed by atoms with Crippen LogP contribution in [-0.2, 0) is 12.5 Å². The molecule has 0 aliphatic carbocycles. The molecule has 1 heterocycles. The van der Waals surface area contributed by atoms with Gasteiger partial charge < -0.3 is 5.11 Å². The van der Waals surface area contributed by atoms with Gasteiger partial charge in [0.1, 0.15) is 11.5 Å². The Morgan fingerprint density at radius 1 is 1.43 bits per heavy atom. The van der Waals surface area contributed by atoms with E-state index in [1.54, 1.807) is 0 Å². The highest BCUT2D eigenvalue weighted by Crippen LogP contribution is 2.24. The number of alkyl halides is 3. The Labute approximate surface area is 83.3 Å². The molecular formula is C8H7ClF3NO. The molecule has 0 aliphatic heterocycles. The molecule has 0 unspecified atom stereocenters. The largest absolute Gasteiger partial charge is 0.390 e. The first-order valence-corrected chi connectivity index (χ1v) is 4.26. The van der Waals surface area contributed by atoms with Crippen molar-refractivity contribution in [2.75, 3.05) is 0 Å². The number of aliphatic hydroxyl groups excluding tert-OH is 1. The smallest absolute Gasteiger partial charge is 0.265 e. The van der Waals surface area contributed by atoms with E-state index in [9.17, 15) is 13.2 Å². The van der Waals surface area contributed by atoms with Crippen molar-refractivity contribution >= 4 is 11.6 Å². The first-order chi connectivity index (χ1) is 6.60. The van der Waals surface area contributed by atoms with Crippen LogP contribution in [0.1, 0.15) is 23.4 Å². The number of hydrogen-bond acceptors (Lipinski definition) is 2. The molecule has 1 N–H and O–H groups in total. The Morgan fingerprint density at radius 3 is 2.50 bits per heavy atom. The second kappa shape index (κ2) is 4.61. The summed E-state index contributed by atoms with van der Waals surface area (Å²) in [6.45, 7) is -0.640. The maximum atomic E-state index is 12.9. The van der Waals surface area contributed by atoms with E-state index in [2.05, 4.69) is 4.98 Å². The van der Waals surface area contributed by atoms with Crippen LogP contribution in [0.2, 0.25) is 0 Å². The zero-order valence-corrected chi connectivity index (χ0v) is 7.73. The summed E-state index contributed by atoms with van der Waals surface area (Å²) in [5.74, 6) is -1.19. The third-order valence-electron chi connectivity index (χ3n) is 1.67. The van der Waals surface area contributed by atoms with Crippen molar-refractivity contribution in [1.82, 2.24) is 4.98 Å². The van der Waals surface area contributed by atoms with Crippen LogP contribution in [0.15, 0.2) is 6.07 Å². The summed E-state index contributed by atoms with van der Waals surface area (Å²) >= 11 is 5.36. The van der Waals surface area contributed by atoms with Gasteiger partial charge in [-0.1, -0.05) is 0 Å². The molecule has 14 heavy (non-hydrogen) atoms. The molecule has 0 bridgehead atoms. The summed E-state index contributed by atoms with van der Waals surface area (Å²) < 4.78 is 37.5. The van der Waals surface area contributed by atoms with E-state index in [-0.39, 0.29) is 17.3 Å². The van der Waals surface area contributed by atoms with E-state index in [1.165, 1.54) is 0 Å². The number of aliphatic hydroxyl groups is 1. The predicted molar refractivity (Wildman–Crippen MR) is 44.6 cm³/mol. The fraction of sp³-hybridized carbons (Fsp3) is 0.375. The third kappa shape index (κ3) is 2.16. The lowest BCUT2D eigenvalue weighted by Gasteiger charge is -2.07. The number of pyridine rings is 1. The van der Waals surface area contributed by atoms with Crippen molar-refractivity contribution in [3.63, 3.8) is 0 Å².